The summed E-state index contributed by atoms with van der Waals surface area (Å²) in [5.41, 5.74) is 2.20. The van der Waals surface area contributed by atoms with E-state index in [2.05, 4.69) is 5.38 Å². The van der Waals surface area contributed by atoms with Crippen molar-refractivity contribution in [1.29, 1.82) is 0 Å². The summed E-state index contributed by atoms with van der Waals surface area (Å²) < 4.78 is 11.1. The topological polar surface area (TPSA) is 18.5 Å². The summed E-state index contributed by atoms with van der Waals surface area (Å²) in [6.07, 6.45) is 1.17. The van der Waals surface area contributed by atoms with Gasteiger partial charge < -0.3 is 9.47 Å². The molecule has 18 heavy (non-hydrogen) atoms. The summed E-state index contributed by atoms with van der Waals surface area (Å²) >= 11 is 7.73. The van der Waals surface area contributed by atoms with Crippen molar-refractivity contribution in [1.82, 2.24) is 0 Å². The van der Waals surface area contributed by atoms with E-state index in [0.29, 0.717) is 6.61 Å². The second-order valence-electron chi connectivity index (χ2n) is 4.26. The van der Waals surface area contributed by atoms with Crippen LogP contribution in [0.3, 0.4) is 0 Å². The van der Waals surface area contributed by atoms with Gasteiger partial charge in [-0.15, -0.1) is 0 Å². The first-order valence-electron chi connectivity index (χ1n) is 5.89. The lowest BCUT2D eigenvalue weighted by Gasteiger charge is -2.12. The van der Waals surface area contributed by atoms with E-state index in [1.54, 1.807) is 11.3 Å². The molecule has 1 aliphatic heterocycles. The molecule has 0 aliphatic carbocycles. The van der Waals surface area contributed by atoms with Crippen LogP contribution < -0.4 is 4.74 Å². The van der Waals surface area contributed by atoms with Gasteiger partial charge in [0, 0.05) is 22.7 Å². The fourth-order valence-corrected chi connectivity index (χ4v) is 3.10. The third-order valence-electron chi connectivity index (χ3n) is 2.97. The van der Waals surface area contributed by atoms with E-state index >= 15 is 0 Å². The highest BCUT2D eigenvalue weighted by molar-refractivity contribution is 7.09. The van der Waals surface area contributed by atoms with E-state index in [0.717, 1.165) is 34.9 Å². The largest absolute Gasteiger partial charge is 0.488 e. The lowest BCUT2D eigenvalue weighted by molar-refractivity contribution is 0.141. The number of ether oxygens (including phenoxy) is 2. The number of hydrogen-bond acceptors (Lipinski definition) is 3. The molecule has 4 heteroatoms. The molecule has 1 aliphatic rings. The Morgan fingerprint density at radius 2 is 2.06 bits per heavy atom. The molecule has 0 amide bonds. The molecular formula is C14H13ClO2S. The molecule has 3 rings (SSSR count). The Balaban J connectivity index is 1.74. The molecule has 1 unspecified atom stereocenters. The van der Waals surface area contributed by atoms with E-state index < -0.39 is 0 Å². The molecule has 1 aromatic carbocycles. The zero-order valence-corrected chi connectivity index (χ0v) is 11.3. The van der Waals surface area contributed by atoms with Gasteiger partial charge in [0.25, 0.3) is 0 Å². The van der Waals surface area contributed by atoms with Gasteiger partial charge in [-0.25, -0.2) is 0 Å². The van der Waals surface area contributed by atoms with E-state index in [1.165, 1.54) is 0 Å². The van der Waals surface area contributed by atoms with Crippen LogP contribution in [-0.4, -0.2) is 19.3 Å². The molecule has 0 radical (unpaired) electrons. The molecule has 0 spiro atoms. The number of halogens is 1. The highest BCUT2D eigenvalue weighted by Crippen LogP contribution is 2.32. The third kappa shape index (κ3) is 2.53. The van der Waals surface area contributed by atoms with Crippen LogP contribution in [0.4, 0.5) is 0 Å². The van der Waals surface area contributed by atoms with Crippen LogP contribution in [0.5, 0.6) is 5.75 Å². The van der Waals surface area contributed by atoms with Crippen molar-refractivity contribution in [3.05, 3.63) is 40.0 Å². The van der Waals surface area contributed by atoms with Crippen LogP contribution in [0.2, 0.25) is 5.02 Å². The number of rotatable bonds is 3. The van der Waals surface area contributed by atoms with Crippen molar-refractivity contribution in [2.75, 3.05) is 13.2 Å². The maximum Gasteiger partial charge on any atom is 0.124 e. The Kier molecular flexibility index (Phi) is 3.55. The fourth-order valence-electron chi connectivity index (χ4n) is 2.00. The van der Waals surface area contributed by atoms with Crippen molar-refractivity contribution in [3.8, 4) is 16.9 Å². The Labute approximate surface area is 115 Å². The minimum Gasteiger partial charge on any atom is -0.488 e. The minimum atomic E-state index is 0.195. The van der Waals surface area contributed by atoms with Gasteiger partial charge >= 0.3 is 0 Å². The average molecular weight is 281 g/mol. The van der Waals surface area contributed by atoms with E-state index in [1.807, 2.05) is 29.6 Å². The van der Waals surface area contributed by atoms with Crippen LogP contribution in [0, 0.1) is 0 Å². The Bertz CT molecular complexity index is 515. The maximum atomic E-state index is 6.11. The zero-order chi connectivity index (χ0) is 12.4. The highest BCUT2D eigenvalue weighted by Gasteiger charge is 2.17. The molecule has 1 aromatic heterocycles. The first-order chi connectivity index (χ1) is 8.83. The summed E-state index contributed by atoms with van der Waals surface area (Å²) in [4.78, 5) is 0. The van der Waals surface area contributed by atoms with E-state index in [-0.39, 0.29) is 6.10 Å². The summed E-state index contributed by atoms with van der Waals surface area (Å²) in [6.45, 7) is 1.49. The molecule has 2 nitrogen and oxygen atoms in total. The van der Waals surface area contributed by atoms with E-state index in [4.69, 9.17) is 21.1 Å². The molecule has 2 heterocycles. The predicted molar refractivity (Wildman–Crippen MR) is 74.6 cm³/mol. The number of thiophene rings is 1. The second-order valence-corrected chi connectivity index (χ2v) is 5.41. The Morgan fingerprint density at radius 3 is 2.67 bits per heavy atom. The Morgan fingerprint density at radius 1 is 1.22 bits per heavy atom. The minimum absolute atomic E-state index is 0.195. The normalized spacial score (nSPS) is 19.1. The van der Waals surface area contributed by atoms with Gasteiger partial charge in [-0.05, 0) is 17.7 Å². The third-order valence-corrected chi connectivity index (χ3v) is 4.16. The molecule has 2 aromatic rings. The van der Waals surface area contributed by atoms with Gasteiger partial charge in [0.05, 0.1) is 18.2 Å². The standard InChI is InChI=1S/C14H13ClO2S/c15-14-9-18-8-13(14)10-1-3-11(4-2-10)17-12-5-6-16-7-12/h1-4,8-9,12H,5-7H2. The van der Waals surface area contributed by atoms with Crippen LogP contribution in [0.1, 0.15) is 6.42 Å². The van der Waals surface area contributed by atoms with Crippen molar-refractivity contribution >= 4 is 22.9 Å². The van der Waals surface area contributed by atoms with Crippen molar-refractivity contribution in [3.63, 3.8) is 0 Å². The lowest BCUT2D eigenvalue weighted by Crippen LogP contribution is -2.15. The fraction of sp³-hybridized carbons (Fsp3) is 0.286. The van der Waals surface area contributed by atoms with Gasteiger partial charge in [-0.2, -0.15) is 11.3 Å². The van der Waals surface area contributed by atoms with Gasteiger partial charge in [0.15, 0.2) is 0 Å². The molecule has 0 saturated carbocycles. The molecule has 1 saturated heterocycles. The van der Waals surface area contributed by atoms with Crippen LogP contribution in [0.15, 0.2) is 35.0 Å². The summed E-state index contributed by atoms with van der Waals surface area (Å²) in [5, 5.41) is 4.80. The SMILES string of the molecule is Clc1cscc1-c1ccc(OC2CCOC2)cc1. The van der Waals surface area contributed by atoms with Gasteiger partial charge in [-0.1, -0.05) is 23.7 Å². The second kappa shape index (κ2) is 5.31. The van der Waals surface area contributed by atoms with E-state index in [9.17, 15) is 0 Å². The first-order valence-corrected chi connectivity index (χ1v) is 7.21. The molecule has 1 atom stereocenters. The average Bonchev–Trinajstić information content (AvgIpc) is 3.02. The number of benzene rings is 1. The van der Waals surface area contributed by atoms with Gasteiger partial charge in [0.1, 0.15) is 11.9 Å². The van der Waals surface area contributed by atoms with Gasteiger partial charge in [-0.3, -0.25) is 0 Å². The lowest BCUT2D eigenvalue weighted by atomic mass is 10.1. The number of hydrogen-bond donors (Lipinski definition) is 0. The zero-order valence-electron chi connectivity index (χ0n) is 9.77. The smallest absolute Gasteiger partial charge is 0.124 e. The summed E-state index contributed by atoms with van der Waals surface area (Å²) in [5.74, 6) is 0.889. The Hall–Kier alpha value is -1.03. The summed E-state index contributed by atoms with van der Waals surface area (Å²) in [7, 11) is 0. The molecular weight excluding hydrogens is 268 g/mol. The van der Waals surface area contributed by atoms with Crippen molar-refractivity contribution in [2.24, 2.45) is 0 Å². The first kappa shape index (κ1) is 12.0. The van der Waals surface area contributed by atoms with Crippen molar-refractivity contribution in [2.45, 2.75) is 12.5 Å². The van der Waals surface area contributed by atoms with Gasteiger partial charge in [0.2, 0.25) is 0 Å². The quantitative estimate of drug-likeness (QED) is 0.837. The monoisotopic (exact) mass is 280 g/mol. The van der Waals surface area contributed by atoms with Crippen LogP contribution in [0.25, 0.3) is 11.1 Å². The molecule has 0 N–H and O–H groups in total. The van der Waals surface area contributed by atoms with Crippen molar-refractivity contribution < 1.29 is 9.47 Å². The predicted octanol–water partition coefficient (Wildman–Crippen LogP) is 4.24. The van der Waals surface area contributed by atoms with Crippen LogP contribution >= 0.6 is 22.9 Å². The highest BCUT2D eigenvalue weighted by atomic mass is 35.5. The van der Waals surface area contributed by atoms with Crippen LogP contribution in [-0.2, 0) is 4.74 Å². The summed E-state index contributed by atoms with van der Waals surface area (Å²) in [6, 6.07) is 8.06. The molecule has 0 bridgehead atoms. The maximum absolute atomic E-state index is 6.11. The molecule has 1 fully saturated rings. The molecule has 94 valence electrons.